The molecule has 0 radical (unpaired) electrons. The normalized spacial score (nSPS) is 27.6. The molecule has 1 N–H and O–H groups in total. The fraction of sp³-hybridized carbons (Fsp3) is 1.00. The molecule has 1 fully saturated rings. The molecule has 0 heterocycles. The van der Waals surface area contributed by atoms with E-state index in [0.29, 0.717) is 23.3 Å². The predicted molar refractivity (Wildman–Crippen MR) is 86.7 cm³/mol. The first-order chi connectivity index (χ1) is 9.52. The summed E-state index contributed by atoms with van der Waals surface area (Å²) >= 11 is 0. The van der Waals surface area contributed by atoms with Gasteiger partial charge in [-0.3, -0.25) is 0 Å². The standard InChI is InChI=1S/C16H33NO2S/c1-4-6-14-7-8-16(13-17-3)15(12-14)9-11-20(18,19)10-5-2/h14-17H,4-13H2,1-3H3. The van der Waals surface area contributed by atoms with Gasteiger partial charge in [-0.05, 0) is 57.0 Å². The van der Waals surface area contributed by atoms with Crippen molar-refractivity contribution in [1.29, 1.82) is 0 Å². The number of hydrogen-bond acceptors (Lipinski definition) is 3. The zero-order valence-corrected chi connectivity index (χ0v) is 14.3. The first-order valence-electron chi connectivity index (χ1n) is 8.37. The highest BCUT2D eigenvalue weighted by molar-refractivity contribution is 7.91. The maximum absolute atomic E-state index is 11.9. The zero-order valence-electron chi connectivity index (χ0n) is 13.5. The van der Waals surface area contributed by atoms with Crippen LogP contribution in [0.2, 0.25) is 0 Å². The van der Waals surface area contributed by atoms with Crippen molar-refractivity contribution < 1.29 is 8.42 Å². The molecule has 3 nitrogen and oxygen atoms in total. The molecule has 0 amide bonds. The molecular formula is C16H33NO2S. The monoisotopic (exact) mass is 303 g/mol. The summed E-state index contributed by atoms with van der Waals surface area (Å²) in [6.45, 7) is 5.23. The van der Waals surface area contributed by atoms with Gasteiger partial charge in [0, 0.05) is 5.75 Å². The summed E-state index contributed by atoms with van der Waals surface area (Å²) in [5, 5.41) is 3.29. The highest BCUT2D eigenvalue weighted by atomic mass is 32.2. The third-order valence-corrected chi connectivity index (χ3v) is 6.61. The molecule has 20 heavy (non-hydrogen) atoms. The van der Waals surface area contributed by atoms with Crippen molar-refractivity contribution in [2.75, 3.05) is 25.1 Å². The van der Waals surface area contributed by atoms with Gasteiger partial charge in [0.1, 0.15) is 9.84 Å². The van der Waals surface area contributed by atoms with Gasteiger partial charge in [-0.2, -0.15) is 0 Å². The molecule has 120 valence electrons. The molecule has 3 unspecified atom stereocenters. The smallest absolute Gasteiger partial charge is 0.150 e. The molecule has 1 saturated carbocycles. The van der Waals surface area contributed by atoms with Crippen LogP contribution in [0.25, 0.3) is 0 Å². The summed E-state index contributed by atoms with van der Waals surface area (Å²) in [6, 6.07) is 0. The molecule has 0 aromatic rings. The van der Waals surface area contributed by atoms with Crippen molar-refractivity contribution in [2.24, 2.45) is 17.8 Å². The topological polar surface area (TPSA) is 46.2 Å². The second-order valence-corrected chi connectivity index (χ2v) is 8.79. The van der Waals surface area contributed by atoms with E-state index in [4.69, 9.17) is 0 Å². The van der Waals surface area contributed by atoms with Gasteiger partial charge >= 0.3 is 0 Å². The van der Waals surface area contributed by atoms with E-state index in [2.05, 4.69) is 12.2 Å². The lowest BCUT2D eigenvalue weighted by Crippen LogP contribution is -2.33. The van der Waals surface area contributed by atoms with Crippen molar-refractivity contribution in [1.82, 2.24) is 5.32 Å². The summed E-state index contributed by atoms with van der Waals surface area (Å²) in [7, 11) is -0.817. The van der Waals surface area contributed by atoms with Crippen molar-refractivity contribution in [3.05, 3.63) is 0 Å². The first-order valence-corrected chi connectivity index (χ1v) is 10.2. The minimum Gasteiger partial charge on any atom is -0.319 e. The number of nitrogens with one attached hydrogen (secondary N) is 1. The van der Waals surface area contributed by atoms with Gasteiger partial charge in [-0.1, -0.05) is 33.1 Å². The quantitative estimate of drug-likeness (QED) is 0.711. The van der Waals surface area contributed by atoms with Gasteiger partial charge < -0.3 is 5.32 Å². The lowest BCUT2D eigenvalue weighted by Gasteiger charge is -2.36. The summed E-state index contributed by atoms with van der Waals surface area (Å²) < 4.78 is 23.9. The van der Waals surface area contributed by atoms with E-state index in [1.165, 1.54) is 32.1 Å². The zero-order chi connectivity index (χ0) is 15.0. The van der Waals surface area contributed by atoms with Crippen LogP contribution in [0.15, 0.2) is 0 Å². The van der Waals surface area contributed by atoms with Crippen LogP contribution in [-0.4, -0.2) is 33.5 Å². The highest BCUT2D eigenvalue weighted by Gasteiger charge is 2.30. The van der Waals surface area contributed by atoms with Gasteiger partial charge in [0.05, 0.1) is 5.75 Å². The number of rotatable bonds is 9. The lowest BCUT2D eigenvalue weighted by atomic mass is 9.71. The van der Waals surface area contributed by atoms with Gasteiger partial charge in [-0.25, -0.2) is 8.42 Å². The Morgan fingerprint density at radius 2 is 1.75 bits per heavy atom. The maximum atomic E-state index is 11.9. The molecule has 0 aliphatic heterocycles. The molecular weight excluding hydrogens is 270 g/mol. The molecule has 1 aliphatic rings. The first kappa shape index (κ1) is 18.0. The van der Waals surface area contributed by atoms with Crippen molar-refractivity contribution in [2.45, 2.75) is 58.8 Å². The van der Waals surface area contributed by atoms with Gasteiger partial charge in [0.15, 0.2) is 0 Å². The van der Waals surface area contributed by atoms with Crippen LogP contribution in [0.3, 0.4) is 0 Å². The van der Waals surface area contributed by atoms with Crippen LogP contribution in [-0.2, 0) is 9.84 Å². The largest absolute Gasteiger partial charge is 0.319 e. The van der Waals surface area contributed by atoms with Crippen LogP contribution < -0.4 is 5.32 Å². The van der Waals surface area contributed by atoms with Crippen molar-refractivity contribution >= 4 is 9.84 Å². The molecule has 3 atom stereocenters. The van der Waals surface area contributed by atoms with Crippen molar-refractivity contribution in [3.8, 4) is 0 Å². The predicted octanol–water partition coefficient (Wildman–Crippen LogP) is 3.25. The van der Waals surface area contributed by atoms with Gasteiger partial charge in [0.25, 0.3) is 0 Å². The van der Waals surface area contributed by atoms with E-state index in [9.17, 15) is 8.42 Å². The molecule has 0 aromatic heterocycles. The van der Waals surface area contributed by atoms with E-state index >= 15 is 0 Å². The second kappa shape index (κ2) is 9.04. The lowest BCUT2D eigenvalue weighted by molar-refractivity contribution is 0.166. The number of hydrogen-bond donors (Lipinski definition) is 1. The average Bonchev–Trinajstić information content (AvgIpc) is 2.39. The Morgan fingerprint density at radius 1 is 1.00 bits per heavy atom. The van der Waals surface area contributed by atoms with Crippen LogP contribution >= 0.6 is 0 Å². The second-order valence-electron chi connectivity index (χ2n) is 6.49. The fourth-order valence-corrected chi connectivity index (χ4v) is 5.21. The molecule has 0 spiro atoms. The molecule has 1 rings (SSSR count). The summed E-state index contributed by atoms with van der Waals surface area (Å²) in [5.41, 5.74) is 0. The summed E-state index contributed by atoms with van der Waals surface area (Å²) in [4.78, 5) is 0. The third-order valence-electron chi connectivity index (χ3n) is 4.73. The Hall–Kier alpha value is -0.0900. The van der Waals surface area contributed by atoms with Gasteiger partial charge in [-0.15, -0.1) is 0 Å². The van der Waals surface area contributed by atoms with E-state index in [1.807, 2.05) is 14.0 Å². The molecule has 0 saturated heterocycles. The molecule has 1 aliphatic carbocycles. The van der Waals surface area contributed by atoms with E-state index in [1.54, 1.807) is 0 Å². The maximum Gasteiger partial charge on any atom is 0.150 e. The Balaban J connectivity index is 2.55. The van der Waals surface area contributed by atoms with Crippen molar-refractivity contribution in [3.63, 3.8) is 0 Å². The van der Waals surface area contributed by atoms with E-state index < -0.39 is 9.84 Å². The number of sulfone groups is 1. The highest BCUT2D eigenvalue weighted by Crippen LogP contribution is 2.37. The average molecular weight is 304 g/mol. The third kappa shape index (κ3) is 6.13. The fourth-order valence-electron chi connectivity index (χ4n) is 3.72. The van der Waals surface area contributed by atoms with E-state index in [0.717, 1.165) is 25.3 Å². The minimum absolute atomic E-state index is 0.356. The molecule has 4 heteroatoms. The summed E-state index contributed by atoms with van der Waals surface area (Å²) in [6.07, 6.45) is 8.01. The minimum atomic E-state index is -2.82. The Kier molecular flexibility index (Phi) is 8.11. The Labute approximate surface area is 125 Å². The van der Waals surface area contributed by atoms with Crippen LogP contribution in [0.5, 0.6) is 0 Å². The van der Waals surface area contributed by atoms with Crippen LogP contribution in [0.4, 0.5) is 0 Å². The van der Waals surface area contributed by atoms with Crippen LogP contribution in [0, 0.1) is 17.8 Å². The van der Waals surface area contributed by atoms with Crippen LogP contribution in [0.1, 0.15) is 58.8 Å². The van der Waals surface area contributed by atoms with Gasteiger partial charge in [0.2, 0.25) is 0 Å². The molecule has 0 aromatic carbocycles. The Morgan fingerprint density at radius 3 is 2.35 bits per heavy atom. The summed E-state index contributed by atoms with van der Waals surface area (Å²) in [5.74, 6) is 2.84. The van der Waals surface area contributed by atoms with E-state index in [-0.39, 0.29) is 0 Å². The SMILES string of the molecule is CCCC1CCC(CNC)C(CCS(=O)(=O)CCC)C1. The Bertz CT molecular complexity index is 353. The molecule has 0 bridgehead atoms.